The number of anilines is 1. The van der Waals surface area contributed by atoms with E-state index in [0.717, 1.165) is 30.7 Å². The first-order valence-electron chi connectivity index (χ1n) is 9.33. The summed E-state index contributed by atoms with van der Waals surface area (Å²) in [5.74, 6) is 1.61. The van der Waals surface area contributed by atoms with Crippen molar-refractivity contribution in [2.75, 3.05) is 37.6 Å². The van der Waals surface area contributed by atoms with Gasteiger partial charge < -0.3 is 14.9 Å². The van der Waals surface area contributed by atoms with Crippen LogP contribution in [0.1, 0.15) is 49.5 Å². The average molecular weight is 331 g/mol. The number of aromatic carboxylic acids is 1. The molecular weight excluding hydrogens is 302 g/mol. The number of hydrogen-bond acceptors (Lipinski definition) is 4. The minimum absolute atomic E-state index is 0.133. The Morgan fingerprint density at radius 1 is 1.25 bits per heavy atom. The van der Waals surface area contributed by atoms with Crippen LogP contribution in [-0.4, -0.2) is 53.7 Å². The van der Waals surface area contributed by atoms with Gasteiger partial charge in [-0.3, -0.25) is 0 Å². The second-order valence-electron chi connectivity index (χ2n) is 7.24. The van der Waals surface area contributed by atoms with Crippen LogP contribution >= 0.6 is 0 Å². The second kappa shape index (κ2) is 7.97. The van der Waals surface area contributed by atoms with Gasteiger partial charge in [-0.05, 0) is 69.2 Å². The predicted molar refractivity (Wildman–Crippen MR) is 95.6 cm³/mol. The predicted octanol–water partition coefficient (Wildman–Crippen LogP) is 3.12. The third kappa shape index (κ3) is 4.69. The van der Waals surface area contributed by atoms with Crippen molar-refractivity contribution in [3.8, 4) is 0 Å². The maximum Gasteiger partial charge on any atom is 0.354 e. The number of pyridine rings is 1. The topological polar surface area (TPSA) is 56.7 Å². The molecule has 0 unspecified atom stereocenters. The van der Waals surface area contributed by atoms with E-state index in [1.54, 1.807) is 12.1 Å². The second-order valence-corrected chi connectivity index (χ2v) is 7.24. The molecule has 1 saturated carbocycles. The first kappa shape index (κ1) is 17.2. The molecule has 1 N–H and O–H groups in total. The average Bonchev–Trinajstić information content (AvgIpc) is 3.43. The molecule has 0 spiro atoms. The first-order chi connectivity index (χ1) is 11.7. The molecule has 1 aliphatic heterocycles. The summed E-state index contributed by atoms with van der Waals surface area (Å²) >= 11 is 0. The van der Waals surface area contributed by atoms with Crippen molar-refractivity contribution in [2.24, 2.45) is 11.8 Å². The molecule has 3 rings (SSSR count). The minimum Gasteiger partial charge on any atom is -0.477 e. The van der Waals surface area contributed by atoms with Gasteiger partial charge in [0.05, 0.1) is 0 Å². The summed E-state index contributed by atoms with van der Waals surface area (Å²) < 4.78 is 0. The summed E-state index contributed by atoms with van der Waals surface area (Å²) in [4.78, 5) is 20.2. The maximum atomic E-state index is 11.1. The van der Waals surface area contributed by atoms with Crippen molar-refractivity contribution in [2.45, 2.75) is 39.0 Å². The number of aromatic nitrogens is 1. The molecule has 0 bridgehead atoms. The molecule has 132 valence electrons. The Labute approximate surface area is 144 Å². The van der Waals surface area contributed by atoms with Crippen LogP contribution in [0.2, 0.25) is 0 Å². The van der Waals surface area contributed by atoms with E-state index in [4.69, 9.17) is 5.11 Å². The molecule has 1 aliphatic carbocycles. The summed E-state index contributed by atoms with van der Waals surface area (Å²) in [6.07, 6.45) is 6.51. The third-order valence-corrected chi connectivity index (χ3v) is 5.41. The fourth-order valence-electron chi connectivity index (χ4n) is 3.58. The smallest absolute Gasteiger partial charge is 0.354 e. The van der Waals surface area contributed by atoms with Crippen LogP contribution in [0.3, 0.4) is 0 Å². The highest BCUT2D eigenvalue weighted by molar-refractivity contribution is 5.85. The highest BCUT2D eigenvalue weighted by atomic mass is 16.4. The van der Waals surface area contributed by atoms with Crippen molar-refractivity contribution in [1.82, 2.24) is 9.88 Å². The molecule has 5 heteroatoms. The van der Waals surface area contributed by atoms with E-state index in [1.807, 2.05) is 6.07 Å². The summed E-state index contributed by atoms with van der Waals surface area (Å²) in [5, 5.41) is 9.08. The third-order valence-electron chi connectivity index (χ3n) is 5.41. The van der Waals surface area contributed by atoms with Gasteiger partial charge in [-0.1, -0.05) is 13.0 Å². The fraction of sp³-hybridized carbons (Fsp3) is 0.684. The Hall–Kier alpha value is -1.62. The summed E-state index contributed by atoms with van der Waals surface area (Å²) in [7, 11) is 0. The number of carboxylic acids is 1. The molecule has 0 amide bonds. The highest BCUT2D eigenvalue weighted by Gasteiger charge is 2.25. The Kier molecular flexibility index (Phi) is 5.72. The van der Waals surface area contributed by atoms with Crippen LogP contribution in [0, 0.1) is 11.8 Å². The fourth-order valence-corrected chi connectivity index (χ4v) is 3.58. The molecule has 2 aliphatic rings. The van der Waals surface area contributed by atoms with E-state index in [9.17, 15) is 4.79 Å². The molecule has 1 saturated heterocycles. The zero-order valence-corrected chi connectivity index (χ0v) is 14.7. The number of rotatable bonds is 8. The Morgan fingerprint density at radius 2 is 2.00 bits per heavy atom. The molecular formula is C19H29N3O2. The molecule has 5 nitrogen and oxygen atoms in total. The van der Waals surface area contributed by atoms with E-state index < -0.39 is 5.97 Å². The largest absolute Gasteiger partial charge is 0.477 e. The lowest BCUT2D eigenvalue weighted by atomic mass is 9.93. The van der Waals surface area contributed by atoms with Crippen molar-refractivity contribution in [1.29, 1.82) is 0 Å². The normalized spacial score (nSPS) is 19.0. The van der Waals surface area contributed by atoms with Gasteiger partial charge in [0.2, 0.25) is 0 Å². The van der Waals surface area contributed by atoms with Gasteiger partial charge in [0.15, 0.2) is 5.69 Å². The first-order valence-corrected chi connectivity index (χ1v) is 9.33. The standard InChI is InChI=1S/C19H29N3O2/c1-2-21(14-16-6-7-16)11-8-15-9-12-22(13-10-15)18-5-3-4-17(20-18)19(23)24/h3-5,15-16H,2,6-14H2,1H3,(H,23,24). The van der Waals surface area contributed by atoms with E-state index >= 15 is 0 Å². The zero-order chi connectivity index (χ0) is 16.9. The number of piperidine rings is 1. The molecule has 0 aromatic carbocycles. The Morgan fingerprint density at radius 3 is 2.62 bits per heavy atom. The van der Waals surface area contributed by atoms with Crippen molar-refractivity contribution in [3.63, 3.8) is 0 Å². The van der Waals surface area contributed by atoms with Crippen LogP contribution in [0.4, 0.5) is 5.82 Å². The Bertz CT molecular complexity index is 551. The van der Waals surface area contributed by atoms with Gasteiger partial charge in [-0.25, -0.2) is 9.78 Å². The van der Waals surface area contributed by atoms with E-state index in [0.29, 0.717) is 0 Å². The molecule has 2 fully saturated rings. The van der Waals surface area contributed by atoms with E-state index in [-0.39, 0.29) is 5.69 Å². The molecule has 24 heavy (non-hydrogen) atoms. The van der Waals surface area contributed by atoms with E-state index in [2.05, 4.69) is 21.7 Å². The maximum absolute atomic E-state index is 11.1. The Balaban J connectivity index is 1.45. The SMILES string of the molecule is CCN(CCC1CCN(c2cccc(C(=O)O)n2)CC1)CC1CC1. The monoisotopic (exact) mass is 331 g/mol. The van der Waals surface area contributed by atoms with Crippen LogP contribution < -0.4 is 4.90 Å². The summed E-state index contributed by atoms with van der Waals surface area (Å²) in [6, 6.07) is 5.26. The lowest BCUT2D eigenvalue weighted by molar-refractivity contribution is 0.0690. The van der Waals surface area contributed by atoms with Crippen LogP contribution in [0.25, 0.3) is 0 Å². The van der Waals surface area contributed by atoms with Gasteiger partial charge in [-0.2, -0.15) is 0 Å². The number of carbonyl (C=O) groups is 1. The zero-order valence-electron chi connectivity index (χ0n) is 14.7. The molecule has 1 aromatic heterocycles. The molecule has 1 aromatic rings. The van der Waals surface area contributed by atoms with Crippen LogP contribution in [0.5, 0.6) is 0 Å². The van der Waals surface area contributed by atoms with Gasteiger partial charge in [0, 0.05) is 19.6 Å². The van der Waals surface area contributed by atoms with Crippen molar-refractivity contribution < 1.29 is 9.90 Å². The van der Waals surface area contributed by atoms with Gasteiger partial charge in [0.1, 0.15) is 5.82 Å². The van der Waals surface area contributed by atoms with Gasteiger partial charge in [-0.15, -0.1) is 0 Å². The van der Waals surface area contributed by atoms with E-state index in [1.165, 1.54) is 51.7 Å². The molecule has 0 radical (unpaired) electrons. The molecule has 0 atom stereocenters. The number of carboxylic acid groups (broad SMARTS) is 1. The van der Waals surface area contributed by atoms with Gasteiger partial charge in [0.25, 0.3) is 0 Å². The number of hydrogen-bond donors (Lipinski definition) is 1. The lowest BCUT2D eigenvalue weighted by Gasteiger charge is -2.34. The summed E-state index contributed by atoms with van der Waals surface area (Å²) in [6.45, 7) is 7.92. The minimum atomic E-state index is -0.956. The highest BCUT2D eigenvalue weighted by Crippen LogP contribution is 2.30. The number of nitrogens with zero attached hydrogens (tertiary/aromatic N) is 3. The lowest BCUT2D eigenvalue weighted by Crippen LogP contribution is -2.36. The quantitative estimate of drug-likeness (QED) is 0.793. The van der Waals surface area contributed by atoms with Crippen LogP contribution in [-0.2, 0) is 0 Å². The molecule has 2 heterocycles. The van der Waals surface area contributed by atoms with Crippen molar-refractivity contribution >= 4 is 11.8 Å². The van der Waals surface area contributed by atoms with Crippen molar-refractivity contribution in [3.05, 3.63) is 23.9 Å². The van der Waals surface area contributed by atoms with Crippen LogP contribution in [0.15, 0.2) is 18.2 Å². The summed E-state index contributed by atoms with van der Waals surface area (Å²) in [5.41, 5.74) is 0.133. The van der Waals surface area contributed by atoms with Gasteiger partial charge >= 0.3 is 5.97 Å².